The average Bonchev–Trinajstić information content (AvgIpc) is 3.32. The molecule has 3 heterocycles. The minimum Gasteiger partial charge on any atom is -0.363 e. The van der Waals surface area contributed by atoms with E-state index in [2.05, 4.69) is 15.3 Å². The summed E-state index contributed by atoms with van der Waals surface area (Å²) in [5, 5.41) is 4.42. The molecule has 0 aliphatic carbocycles. The molecule has 0 saturated carbocycles. The molecule has 9 heteroatoms. The molecule has 0 aliphatic heterocycles. The van der Waals surface area contributed by atoms with Crippen LogP contribution in [0.2, 0.25) is 0 Å². The van der Waals surface area contributed by atoms with Gasteiger partial charge in [-0.3, -0.25) is 19.0 Å². The van der Waals surface area contributed by atoms with E-state index in [0.29, 0.717) is 5.82 Å². The number of imidazole rings is 1. The molecule has 0 spiro atoms. The van der Waals surface area contributed by atoms with Crippen molar-refractivity contribution in [3.05, 3.63) is 65.0 Å². The van der Waals surface area contributed by atoms with Gasteiger partial charge in [0.2, 0.25) is 5.78 Å². The van der Waals surface area contributed by atoms with E-state index in [1.807, 2.05) is 17.5 Å². The minimum atomic E-state index is -1.09. The van der Waals surface area contributed by atoms with Crippen LogP contribution in [0, 0.1) is 0 Å². The molecule has 0 radical (unpaired) electrons. The number of Topliss-reactive ketones (excluding diaryl/α,β-unsaturated/α-hetero) is 1. The fraction of sp³-hybridized carbons (Fsp3) is 0.118. The van der Waals surface area contributed by atoms with Gasteiger partial charge in [-0.05, 0) is 23.6 Å². The Morgan fingerprint density at radius 2 is 2.08 bits per heavy atom. The van der Waals surface area contributed by atoms with Gasteiger partial charge in [-0.15, -0.1) is 11.3 Å². The van der Waals surface area contributed by atoms with Gasteiger partial charge in [0.1, 0.15) is 23.9 Å². The maximum absolute atomic E-state index is 12.7. The highest BCUT2D eigenvalue weighted by Gasteiger charge is 2.27. The number of ketones is 1. The van der Waals surface area contributed by atoms with Gasteiger partial charge in [-0.25, -0.2) is 9.97 Å². The number of nitrogens with zero attached hydrogens (tertiary/aromatic N) is 3. The molecule has 0 bridgehead atoms. The number of carbonyl (C=O) groups excluding carboxylic acids is 3. The monoisotopic (exact) mass is 369 g/mol. The molecule has 3 N–H and O–H groups in total. The number of hydrogen-bond acceptors (Lipinski definition) is 6. The number of aromatic nitrogens is 3. The van der Waals surface area contributed by atoms with Crippen molar-refractivity contribution in [3.8, 4) is 5.82 Å². The van der Waals surface area contributed by atoms with Crippen LogP contribution in [0.25, 0.3) is 5.82 Å². The quantitative estimate of drug-likeness (QED) is 0.595. The summed E-state index contributed by atoms with van der Waals surface area (Å²) in [6.07, 6.45) is 4.58. The first kappa shape index (κ1) is 17.5. The second-order valence-corrected chi connectivity index (χ2v) is 6.41. The number of nitrogens with two attached hydrogens (primary N) is 1. The van der Waals surface area contributed by atoms with Crippen molar-refractivity contribution in [2.45, 2.75) is 12.5 Å². The smallest absolute Gasteiger partial charge is 0.287 e. The second-order valence-electron chi connectivity index (χ2n) is 5.37. The summed E-state index contributed by atoms with van der Waals surface area (Å²) in [6, 6.07) is 7.84. The molecule has 3 aromatic heterocycles. The number of rotatable bonds is 7. The number of nitrogens with one attached hydrogen (secondary N) is 1. The van der Waals surface area contributed by atoms with E-state index in [0.717, 1.165) is 4.88 Å². The summed E-state index contributed by atoms with van der Waals surface area (Å²) >= 11 is 1.42. The van der Waals surface area contributed by atoms with Crippen molar-refractivity contribution in [1.82, 2.24) is 19.9 Å². The molecular formula is C17H15N5O3S. The minimum absolute atomic E-state index is 0.183. The lowest BCUT2D eigenvalue weighted by molar-refractivity contribution is -0.137. The van der Waals surface area contributed by atoms with E-state index < -0.39 is 23.6 Å². The van der Waals surface area contributed by atoms with E-state index in [-0.39, 0.29) is 12.1 Å². The topological polar surface area (TPSA) is 120 Å². The highest BCUT2D eigenvalue weighted by Crippen LogP contribution is 2.13. The molecule has 3 aromatic rings. The normalized spacial score (nSPS) is 11.7. The zero-order chi connectivity index (χ0) is 18.5. The van der Waals surface area contributed by atoms with Crippen LogP contribution in [0.4, 0.5) is 0 Å². The molecule has 0 saturated heterocycles. The third-order valence-electron chi connectivity index (χ3n) is 3.62. The number of pyridine rings is 1. The molecule has 0 fully saturated rings. The summed E-state index contributed by atoms with van der Waals surface area (Å²) in [5.41, 5.74) is 5.31. The summed E-state index contributed by atoms with van der Waals surface area (Å²) in [5.74, 6) is -1.99. The zero-order valence-electron chi connectivity index (χ0n) is 13.5. The van der Waals surface area contributed by atoms with Crippen LogP contribution >= 0.6 is 11.3 Å². The van der Waals surface area contributed by atoms with Gasteiger partial charge >= 0.3 is 0 Å². The van der Waals surface area contributed by atoms with Gasteiger partial charge in [-0.2, -0.15) is 0 Å². The molecule has 1 unspecified atom stereocenters. The van der Waals surface area contributed by atoms with Gasteiger partial charge < -0.3 is 11.1 Å². The van der Waals surface area contributed by atoms with E-state index in [4.69, 9.17) is 5.73 Å². The van der Waals surface area contributed by atoms with Crippen molar-refractivity contribution in [2.24, 2.45) is 5.73 Å². The Bertz CT molecular complexity index is 921. The number of thiophene rings is 1. The zero-order valence-corrected chi connectivity index (χ0v) is 14.3. The molecule has 26 heavy (non-hydrogen) atoms. The van der Waals surface area contributed by atoms with Crippen molar-refractivity contribution >= 4 is 28.9 Å². The fourth-order valence-electron chi connectivity index (χ4n) is 2.38. The van der Waals surface area contributed by atoms with Crippen molar-refractivity contribution in [2.75, 3.05) is 0 Å². The summed E-state index contributed by atoms with van der Waals surface area (Å²) in [4.78, 5) is 45.1. The Labute approximate surface area is 152 Å². The Morgan fingerprint density at radius 3 is 2.73 bits per heavy atom. The van der Waals surface area contributed by atoms with Crippen LogP contribution in [-0.4, -0.2) is 38.2 Å². The molecule has 8 nitrogen and oxygen atoms in total. The standard InChI is InChI=1S/C17H15N5O3S/c18-16(24)15(23)12(8-11-4-3-7-26-11)21-17(25)13-9-19-10-22(13)14-5-1-2-6-20-14/h1-7,9-10,12H,8H2,(H2,18,24)(H,21,25). The molecule has 1 atom stereocenters. The van der Waals surface area contributed by atoms with Gasteiger partial charge in [0, 0.05) is 17.5 Å². The highest BCUT2D eigenvalue weighted by atomic mass is 32.1. The molecular weight excluding hydrogens is 354 g/mol. The van der Waals surface area contributed by atoms with Crippen LogP contribution in [0.15, 0.2) is 54.4 Å². The predicted molar refractivity (Wildman–Crippen MR) is 94.8 cm³/mol. The number of amides is 2. The van der Waals surface area contributed by atoms with Crippen molar-refractivity contribution < 1.29 is 14.4 Å². The fourth-order valence-corrected chi connectivity index (χ4v) is 3.14. The largest absolute Gasteiger partial charge is 0.363 e. The lowest BCUT2D eigenvalue weighted by atomic mass is 10.1. The van der Waals surface area contributed by atoms with Crippen LogP contribution in [0.3, 0.4) is 0 Å². The van der Waals surface area contributed by atoms with Crippen LogP contribution in [-0.2, 0) is 16.0 Å². The average molecular weight is 369 g/mol. The SMILES string of the molecule is NC(=O)C(=O)C(Cc1cccs1)NC(=O)c1cncn1-c1ccccn1. The molecule has 3 rings (SSSR count). The summed E-state index contributed by atoms with van der Waals surface area (Å²) in [7, 11) is 0. The first-order valence-corrected chi connectivity index (χ1v) is 8.55. The van der Waals surface area contributed by atoms with E-state index in [9.17, 15) is 14.4 Å². The van der Waals surface area contributed by atoms with Crippen LogP contribution < -0.4 is 11.1 Å². The third-order valence-corrected chi connectivity index (χ3v) is 4.52. The summed E-state index contributed by atoms with van der Waals surface area (Å²) < 4.78 is 1.49. The number of hydrogen-bond donors (Lipinski definition) is 2. The maximum atomic E-state index is 12.7. The molecule has 132 valence electrons. The Balaban J connectivity index is 1.83. The van der Waals surface area contributed by atoms with E-state index >= 15 is 0 Å². The van der Waals surface area contributed by atoms with E-state index in [1.165, 1.54) is 28.4 Å². The molecule has 2 amide bonds. The first-order valence-electron chi connectivity index (χ1n) is 7.67. The molecule has 0 aliphatic rings. The third kappa shape index (κ3) is 3.83. The van der Waals surface area contributed by atoms with Gasteiger partial charge in [0.05, 0.1) is 6.20 Å². The van der Waals surface area contributed by atoms with Crippen molar-refractivity contribution in [1.29, 1.82) is 0 Å². The predicted octanol–water partition coefficient (Wildman–Crippen LogP) is 0.724. The van der Waals surface area contributed by atoms with Gasteiger partial charge in [-0.1, -0.05) is 12.1 Å². The highest BCUT2D eigenvalue weighted by molar-refractivity contribution is 7.09. The van der Waals surface area contributed by atoms with Crippen LogP contribution in [0.1, 0.15) is 15.4 Å². The van der Waals surface area contributed by atoms with Gasteiger partial charge in [0.25, 0.3) is 11.8 Å². The first-order chi connectivity index (χ1) is 12.6. The lowest BCUT2D eigenvalue weighted by Crippen LogP contribution is -2.47. The summed E-state index contributed by atoms with van der Waals surface area (Å²) in [6.45, 7) is 0. The Kier molecular flexibility index (Phi) is 5.18. The number of carbonyl (C=O) groups is 3. The molecule has 0 aromatic carbocycles. The van der Waals surface area contributed by atoms with E-state index in [1.54, 1.807) is 24.4 Å². The Hall–Kier alpha value is -3.33. The second kappa shape index (κ2) is 7.70. The Morgan fingerprint density at radius 1 is 1.23 bits per heavy atom. The van der Waals surface area contributed by atoms with Gasteiger partial charge in [0.15, 0.2) is 0 Å². The number of primary amides is 1. The lowest BCUT2D eigenvalue weighted by Gasteiger charge is -2.16. The maximum Gasteiger partial charge on any atom is 0.287 e. The van der Waals surface area contributed by atoms with Crippen molar-refractivity contribution in [3.63, 3.8) is 0 Å². The van der Waals surface area contributed by atoms with Crippen LogP contribution in [0.5, 0.6) is 0 Å².